The van der Waals surface area contributed by atoms with Crippen molar-refractivity contribution in [3.63, 3.8) is 0 Å². The van der Waals surface area contributed by atoms with Crippen molar-refractivity contribution in [2.24, 2.45) is 0 Å². The summed E-state index contributed by atoms with van der Waals surface area (Å²) in [5, 5.41) is 2.04. The number of nitrogens with one attached hydrogen (secondary N) is 1. The molecular weight excluding hydrogens is 316 g/mol. The standard InChI is InChI=1S/C12H13BrN2O2S/c1-15(2)18(16,17)14-12-6-4-9-7-11(13)5-3-10(9)8-12/h3-8,14H,1-2H3. The maximum absolute atomic E-state index is 11.7. The van der Waals surface area contributed by atoms with Crippen LogP contribution in [0.1, 0.15) is 0 Å². The first kappa shape index (κ1) is 13.3. The normalized spacial score (nSPS) is 12.0. The van der Waals surface area contributed by atoms with Crippen molar-refractivity contribution < 1.29 is 8.42 Å². The topological polar surface area (TPSA) is 49.4 Å². The van der Waals surface area contributed by atoms with Gasteiger partial charge in [-0.15, -0.1) is 0 Å². The minimum atomic E-state index is -3.45. The molecule has 0 amide bonds. The van der Waals surface area contributed by atoms with E-state index in [1.807, 2.05) is 30.3 Å². The van der Waals surface area contributed by atoms with E-state index in [1.54, 1.807) is 6.07 Å². The Balaban J connectivity index is 2.40. The summed E-state index contributed by atoms with van der Waals surface area (Å²) in [5.41, 5.74) is 0.554. The Morgan fingerprint density at radius 2 is 1.67 bits per heavy atom. The van der Waals surface area contributed by atoms with Gasteiger partial charge in [-0.1, -0.05) is 28.1 Å². The Kier molecular flexibility index (Phi) is 3.61. The molecule has 0 unspecified atom stereocenters. The third-order valence-corrected chi connectivity index (χ3v) is 4.48. The first-order valence-corrected chi connectivity index (χ1v) is 7.51. The number of halogens is 1. The van der Waals surface area contributed by atoms with Gasteiger partial charge in [0.1, 0.15) is 0 Å². The van der Waals surface area contributed by atoms with E-state index >= 15 is 0 Å². The lowest BCUT2D eigenvalue weighted by Gasteiger charge is -2.13. The molecular formula is C12H13BrN2O2S. The van der Waals surface area contributed by atoms with Gasteiger partial charge in [-0.05, 0) is 35.0 Å². The van der Waals surface area contributed by atoms with Gasteiger partial charge in [0.05, 0.1) is 5.69 Å². The van der Waals surface area contributed by atoms with Crippen molar-refractivity contribution in [2.45, 2.75) is 0 Å². The van der Waals surface area contributed by atoms with Crippen LogP contribution in [0, 0.1) is 0 Å². The third-order valence-electron chi connectivity index (χ3n) is 2.53. The van der Waals surface area contributed by atoms with Crippen molar-refractivity contribution in [1.82, 2.24) is 4.31 Å². The van der Waals surface area contributed by atoms with E-state index < -0.39 is 10.2 Å². The molecule has 0 saturated carbocycles. The predicted octanol–water partition coefficient (Wildman–Crippen LogP) is 2.82. The number of benzene rings is 2. The van der Waals surface area contributed by atoms with E-state index in [-0.39, 0.29) is 0 Å². The first-order valence-electron chi connectivity index (χ1n) is 5.28. The SMILES string of the molecule is CN(C)S(=O)(=O)Nc1ccc2cc(Br)ccc2c1. The van der Waals surface area contributed by atoms with Crippen LogP contribution in [-0.4, -0.2) is 26.8 Å². The summed E-state index contributed by atoms with van der Waals surface area (Å²) in [6, 6.07) is 11.3. The largest absolute Gasteiger partial charge is 0.301 e. The van der Waals surface area contributed by atoms with Crippen LogP contribution in [0.5, 0.6) is 0 Å². The Hall–Kier alpha value is -1.11. The Labute approximate surface area is 115 Å². The minimum absolute atomic E-state index is 0.554. The third kappa shape index (κ3) is 2.82. The molecule has 18 heavy (non-hydrogen) atoms. The molecule has 0 bridgehead atoms. The van der Waals surface area contributed by atoms with Crippen LogP contribution in [-0.2, 0) is 10.2 Å². The van der Waals surface area contributed by atoms with Gasteiger partial charge in [-0.2, -0.15) is 12.7 Å². The molecule has 96 valence electrons. The van der Waals surface area contributed by atoms with Crippen molar-refractivity contribution >= 4 is 42.6 Å². The summed E-state index contributed by atoms with van der Waals surface area (Å²) in [6.07, 6.45) is 0. The molecule has 0 aliphatic rings. The fourth-order valence-corrected chi connectivity index (χ4v) is 2.51. The van der Waals surface area contributed by atoms with Gasteiger partial charge in [-0.3, -0.25) is 4.72 Å². The first-order chi connectivity index (χ1) is 8.38. The van der Waals surface area contributed by atoms with E-state index in [0.29, 0.717) is 5.69 Å². The van der Waals surface area contributed by atoms with Crippen molar-refractivity contribution in [3.8, 4) is 0 Å². The zero-order valence-corrected chi connectivity index (χ0v) is 12.4. The summed E-state index contributed by atoms with van der Waals surface area (Å²) < 4.78 is 28.0. The Morgan fingerprint density at radius 1 is 1.06 bits per heavy atom. The fraction of sp³-hybridized carbons (Fsp3) is 0.167. The van der Waals surface area contributed by atoms with Crippen LogP contribution in [0.25, 0.3) is 10.8 Å². The number of anilines is 1. The van der Waals surface area contributed by atoms with E-state index in [2.05, 4.69) is 20.7 Å². The lowest BCUT2D eigenvalue weighted by atomic mass is 10.1. The maximum atomic E-state index is 11.7. The Morgan fingerprint density at radius 3 is 2.33 bits per heavy atom. The summed E-state index contributed by atoms with van der Waals surface area (Å²) >= 11 is 3.40. The van der Waals surface area contributed by atoms with Crippen LogP contribution in [0.4, 0.5) is 5.69 Å². The fourth-order valence-electron chi connectivity index (χ4n) is 1.52. The van der Waals surface area contributed by atoms with Crippen LogP contribution < -0.4 is 4.72 Å². The molecule has 0 aliphatic carbocycles. The molecule has 0 aromatic heterocycles. The van der Waals surface area contributed by atoms with Gasteiger partial charge in [0.25, 0.3) is 0 Å². The average Bonchev–Trinajstić information content (AvgIpc) is 2.28. The molecule has 0 heterocycles. The van der Waals surface area contributed by atoms with Gasteiger partial charge in [-0.25, -0.2) is 0 Å². The second kappa shape index (κ2) is 4.87. The lowest BCUT2D eigenvalue weighted by molar-refractivity contribution is 0.527. The highest BCUT2D eigenvalue weighted by Crippen LogP contribution is 2.23. The minimum Gasteiger partial charge on any atom is -0.271 e. The van der Waals surface area contributed by atoms with Crippen LogP contribution >= 0.6 is 15.9 Å². The number of hydrogen-bond acceptors (Lipinski definition) is 2. The molecule has 6 heteroatoms. The summed E-state index contributed by atoms with van der Waals surface area (Å²) in [4.78, 5) is 0. The van der Waals surface area contributed by atoms with Gasteiger partial charge in [0.15, 0.2) is 0 Å². The quantitative estimate of drug-likeness (QED) is 0.941. The second-order valence-corrected chi connectivity index (χ2v) is 6.90. The number of nitrogens with zero attached hydrogens (tertiary/aromatic N) is 1. The monoisotopic (exact) mass is 328 g/mol. The van der Waals surface area contributed by atoms with E-state index in [4.69, 9.17) is 0 Å². The summed E-state index contributed by atoms with van der Waals surface area (Å²) in [7, 11) is -0.481. The summed E-state index contributed by atoms with van der Waals surface area (Å²) in [5.74, 6) is 0. The average molecular weight is 329 g/mol. The number of fused-ring (bicyclic) bond motifs is 1. The van der Waals surface area contributed by atoms with E-state index in [9.17, 15) is 8.42 Å². The van der Waals surface area contributed by atoms with Crippen molar-refractivity contribution in [2.75, 3.05) is 18.8 Å². The predicted molar refractivity (Wildman–Crippen MR) is 77.9 cm³/mol. The number of hydrogen-bond donors (Lipinski definition) is 1. The second-order valence-electron chi connectivity index (χ2n) is 4.10. The smallest absolute Gasteiger partial charge is 0.271 e. The lowest BCUT2D eigenvalue weighted by Crippen LogP contribution is -2.28. The van der Waals surface area contributed by atoms with E-state index in [0.717, 1.165) is 19.6 Å². The van der Waals surface area contributed by atoms with Gasteiger partial charge in [0, 0.05) is 18.6 Å². The van der Waals surface area contributed by atoms with Gasteiger partial charge < -0.3 is 0 Å². The van der Waals surface area contributed by atoms with Gasteiger partial charge in [0.2, 0.25) is 0 Å². The van der Waals surface area contributed by atoms with Crippen molar-refractivity contribution in [3.05, 3.63) is 40.9 Å². The molecule has 1 N–H and O–H groups in total. The van der Waals surface area contributed by atoms with Crippen LogP contribution in [0.3, 0.4) is 0 Å². The molecule has 4 nitrogen and oxygen atoms in total. The number of rotatable bonds is 3. The molecule has 2 aromatic carbocycles. The highest BCUT2D eigenvalue weighted by molar-refractivity contribution is 9.10. The zero-order chi connectivity index (χ0) is 13.3. The van der Waals surface area contributed by atoms with Gasteiger partial charge >= 0.3 is 10.2 Å². The molecule has 2 aromatic rings. The highest BCUT2D eigenvalue weighted by Gasteiger charge is 2.12. The molecule has 0 spiro atoms. The summed E-state index contributed by atoms with van der Waals surface area (Å²) in [6.45, 7) is 0. The molecule has 2 rings (SSSR count). The van der Waals surface area contributed by atoms with Crippen LogP contribution in [0.15, 0.2) is 40.9 Å². The van der Waals surface area contributed by atoms with Crippen LogP contribution in [0.2, 0.25) is 0 Å². The van der Waals surface area contributed by atoms with Crippen molar-refractivity contribution in [1.29, 1.82) is 0 Å². The van der Waals surface area contributed by atoms with E-state index in [1.165, 1.54) is 14.1 Å². The Bertz CT molecular complexity index is 684. The molecule has 0 atom stereocenters. The molecule has 0 aliphatic heterocycles. The highest BCUT2D eigenvalue weighted by atomic mass is 79.9. The zero-order valence-electron chi connectivity index (χ0n) is 10.0. The molecule has 0 saturated heterocycles. The maximum Gasteiger partial charge on any atom is 0.301 e. The molecule has 0 radical (unpaired) electrons. The molecule has 0 fully saturated rings.